The Kier molecular flexibility index (Phi) is 5.46. The largest absolute Gasteiger partial charge is 0.467 e. The number of halogens is 5. The smallest absolute Gasteiger partial charge is 0.227 e. The molecular formula is C17H14F5NO4S. The van der Waals surface area contributed by atoms with Crippen LogP contribution in [0.15, 0.2) is 22.8 Å². The van der Waals surface area contributed by atoms with Crippen molar-refractivity contribution in [3.8, 4) is 0 Å². The number of nitrogens with zero attached hydrogens (tertiary/aromatic N) is 1. The Hall–Kier alpha value is -2.43. The van der Waals surface area contributed by atoms with E-state index >= 15 is 0 Å². The number of benzene rings is 1. The number of carbonyl (C=O) groups is 1. The van der Waals surface area contributed by atoms with E-state index in [1.54, 1.807) is 0 Å². The highest BCUT2D eigenvalue weighted by atomic mass is 32.2. The number of sulfone groups is 1. The Balaban J connectivity index is 1.92. The van der Waals surface area contributed by atoms with Crippen LogP contribution >= 0.6 is 0 Å². The average Bonchev–Trinajstić information content (AvgIpc) is 3.28. The highest BCUT2D eigenvalue weighted by molar-refractivity contribution is 7.91. The van der Waals surface area contributed by atoms with Crippen molar-refractivity contribution in [3.63, 3.8) is 0 Å². The van der Waals surface area contributed by atoms with E-state index in [4.69, 9.17) is 4.42 Å². The molecule has 1 amide bonds. The summed E-state index contributed by atoms with van der Waals surface area (Å²) in [5, 5.41) is 0. The van der Waals surface area contributed by atoms with Crippen molar-refractivity contribution in [2.45, 2.75) is 25.4 Å². The Labute approximate surface area is 156 Å². The molecule has 0 aliphatic carbocycles. The molecule has 1 fully saturated rings. The summed E-state index contributed by atoms with van der Waals surface area (Å²) in [5.41, 5.74) is -1.27. The van der Waals surface area contributed by atoms with Gasteiger partial charge in [-0.25, -0.2) is 30.4 Å². The third-order valence-electron chi connectivity index (χ3n) is 4.50. The zero-order valence-corrected chi connectivity index (χ0v) is 15.0. The molecule has 1 aliphatic rings. The van der Waals surface area contributed by atoms with Gasteiger partial charge in [0.2, 0.25) is 11.7 Å². The molecule has 2 aromatic rings. The molecule has 1 atom stereocenters. The molecule has 1 saturated heterocycles. The van der Waals surface area contributed by atoms with Gasteiger partial charge in [-0.15, -0.1) is 0 Å². The number of furan rings is 1. The number of hydrogen-bond acceptors (Lipinski definition) is 4. The van der Waals surface area contributed by atoms with Gasteiger partial charge in [0, 0.05) is 11.6 Å². The van der Waals surface area contributed by atoms with Gasteiger partial charge in [0.25, 0.3) is 0 Å². The Morgan fingerprint density at radius 3 is 2.18 bits per heavy atom. The summed E-state index contributed by atoms with van der Waals surface area (Å²) in [6.07, 6.45) is 0.280. The minimum absolute atomic E-state index is 0.0892. The van der Waals surface area contributed by atoms with E-state index in [1.807, 2.05) is 0 Å². The minimum atomic E-state index is -3.40. The van der Waals surface area contributed by atoms with E-state index in [1.165, 1.54) is 18.4 Å². The Morgan fingerprint density at radius 2 is 1.68 bits per heavy atom. The lowest BCUT2D eigenvalue weighted by Gasteiger charge is -2.27. The summed E-state index contributed by atoms with van der Waals surface area (Å²) in [7, 11) is -3.40. The van der Waals surface area contributed by atoms with E-state index in [0.717, 1.165) is 4.90 Å². The van der Waals surface area contributed by atoms with E-state index in [9.17, 15) is 35.2 Å². The third kappa shape index (κ3) is 3.89. The second-order valence-corrected chi connectivity index (χ2v) is 8.61. The average molecular weight is 423 g/mol. The molecule has 0 radical (unpaired) electrons. The summed E-state index contributed by atoms with van der Waals surface area (Å²) in [6, 6.07) is 2.22. The Bertz CT molecular complexity index is 978. The molecule has 0 N–H and O–H groups in total. The molecule has 2 heterocycles. The second-order valence-electron chi connectivity index (χ2n) is 6.38. The number of hydrogen-bond donors (Lipinski definition) is 0. The van der Waals surface area contributed by atoms with E-state index in [0.29, 0.717) is 0 Å². The lowest BCUT2D eigenvalue weighted by atomic mass is 10.1. The first kappa shape index (κ1) is 20.3. The van der Waals surface area contributed by atoms with Gasteiger partial charge in [0.05, 0.1) is 30.7 Å². The van der Waals surface area contributed by atoms with Gasteiger partial charge in [-0.3, -0.25) is 4.79 Å². The van der Waals surface area contributed by atoms with Gasteiger partial charge < -0.3 is 9.32 Å². The molecular weight excluding hydrogens is 409 g/mol. The lowest BCUT2D eigenvalue weighted by Crippen LogP contribution is -2.41. The van der Waals surface area contributed by atoms with Crippen molar-refractivity contribution in [2.75, 3.05) is 11.5 Å². The van der Waals surface area contributed by atoms with Crippen LogP contribution in [0, 0.1) is 29.1 Å². The maximum atomic E-state index is 13.9. The molecule has 0 saturated carbocycles. The molecule has 1 aromatic heterocycles. The maximum Gasteiger partial charge on any atom is 0.227 e. The van der Waals surface area contributed by atoms with Crippen molar-refractivity contribution in [1.82, 2.24) is 4.90 Å². The van der Waals surface area contributed by atoms with Gasteiger partial charge in [-0.1, -0.05) is 0 Å². The zero-order valence-electron chi connectivity index (χ0n) is 14.2. The van der Waals surface area contributed by atoms with E-state index < -0.39 is 62.9 Å². The highest BCUT2D eigenvalue weighted by Crippen LogP contribution is 2.26. The fourth-order valence-electron chi connectivity index (χ4n) is 3.07. The minimum Gasteiger partial charge on any atom is -0.467 e. The summed E-state index contributed by atoms with van der Waals surface area (Å²) in [4.78, 5) is 13.7. The first-order valence-electron chi connectivity index (χ1n) is 8.13. The van der Waals surface area contributed by atoms with Crippen LogP contribution in [-0.2, 0) is 27.6 Å². The fourth-order valence-corrected chi connectivity index (χ4v) is 4.80. The standard InChI is InChI=1S/C17H14F5NO4S/c18-13-11(14(19)16(21)17(22)15(13)20)6-12(24)23(7-10-2-1-4-27-10)9-3-5-28(25,26)8-9/h1-2,4,9H,3,5-8H2. The van der Waals surface area contributed by atoms with Crippen LogP contribution in [0.5, 0.6) is 0 Å². The molecule has 5 nitrogen and oxygen atoms in total. The quantitative estimate of drug-likeness (QED) is 0.422. The van der Waals surface area contributed by atoms with Gasteiger partial charge >= 0.3 is 0 Å². The summed E-state index contributed by atoms with van der Waals surface area (Å²) in [5.74, 6) is -12.1. The maximum absolute atomic E-state index is 13.9. The molecule has 3 rings (SSSR count). The van der Waals surface area contributed by atoms with Crippen molar-refractivity contribution in [2.24, 2.45) is 0 Å². The third-order valence-corrected chi connectivity index (χ3v) is 6.25. The van der Waals surface area contributed by atoms with Crippen molar-refractivity contribution >= 4 is 15.7 Å². The number of rotatable bonds is 5. The summed E-state index contributed by atoms with van der Waals surface area (Å²) >= 11 is 0. The van der Waals surface area contributed by atoms with Crippen molar-refractivity contribution in [1.29, 1.82) is 0 Å². The lowest BCUT2D eigenvalue weighted by molar-refractivity contribution is -0.133. The normalized spacial score (nSPS) is 18.4. The van der Waals surface area contributed by atoms with Crippen molar-refractivity contribution < 1.29 is 39.6 Å². The molecule has 0 bridgehead atoms. The van der Waals surface area contributed by atoms with Crippen LogP contribution in [0.2, 0.25) is 0 Å². The molecule has 28 heavy (non-hydrogen) atoms. The van der Waals surface area contributed by atoms with Gasteiger partial charge in [0.15, 0.2) is 33.1 Å². The van der Waals surface area contributed by atoms with Crippen LogP contribution in [0.1, 0.15) is 17.7 Å². The molecule has 1 unspecified atom stereocenters. The van der Waals surface area contributed by atoms with Crippen LogP contribution in [-0.4, -0.2) is 36.8 Å². The van der Waals surface area contributed by atoms with Crippen LogP contribution < -0.4 is 0 Å². The van der Waals surface area contributed by atoms with Gasteiger partial charge in [-0.2, -0.15) is 0 Å². The first-order valence-corrected chi connectivity index (χ1v) is 9.95. The molecule has 152 valence electrons. The number of amides is 1. The monoisotopic (exact) mass is 423 g/mol. The predicted octanol–water partition coefficient (Wildman–Crippen LogP) is 2.73. The fraction of sp³-hybridized carbons (Fsp3) is 0.353. The molecule has 11 heteroatoms. The Morgan fingerprint density at radius 1 is 1.07 bits per heavy atom. The molecule has 0 spiro atoms. The van der Waals surface area contributed by atoms with E-state index in [-0.39, 0.29) is 30.2 Å². The summed E-state index contributed by atoms with van der Waals surface area (Å²) in [6.45, 7) is -0.207. The summed E-state index contributed by atoms with van der Waals surface area (Å²) < 4.78 is 96.3. The topological polar surface area (TPSA) is 67.6 Å². The second kappa shape index (κ2) is 7.53. The van der Waals surface area contributed by atoms with Gasteiger partial charge in [0.1, 0.15) is 5.76 Å². The van der Waals surface area contributed by atoms with Crippen LogP contribution in [0.4, 0.5) is 22.0 Å². The predicted molar refractivity (Wildman–Crippen MR) is 86.3 cm³/mol. The number of carbonyl (C=O) groups excluding carboxylic acids is 1. The molecule has 1 aliphatic heterocycles. The highest BCUT2D eigenvalue weighted by Gasteiger charge is 2.36. The zero-order chi connectivity index (χ0) is 20.6. The first-order chi connectivity index (χ1) is 13.1. The van der Waals surface area contributed by atoms with Crippen LogP contribution in [0.25, 0.3) is 0 Å². The molecule has 1 aromatic carbocycles. The van der Waals surface area contributed by atoms with E-state index in [2.05, 4.69) is 0 Å². The van der Waals surface area contributed by atoms with Crippen molar-refractivity contribution in [3.05, 3.63) is 58.8 Å². The van der Waals surface area contributed by atoms with Crippen LogP contribution in [0.3, 0.4) is 0 Å². The van der Waals surface area contributed by atoms with Gasteiger partial charge in [-0.05, 0) is 18.6 Å². The SMILES string of the molecule is O=C(Cc1c(F)c(F)c(F)c(F)c1F)N(Cc1ccco1)C1CCS(=O)(=O)C1.